The van der Waals surface area contributed by atoms with Crippen LogP contribution < -0.4 is 9.64 Å². The molecule has 45 heavy (non-hydrogen) atoms. The molecule has 3 aromatic rings. The minimum absolute atomic E-state index is 0.0366. The van der Waals surface area contributed by atoms with Gasteiger partial charge in [-0.05, 0) is 61.4 Å². The van der Waals surface area contributed by atoms with Crippen molar-refractivity contribution in [1.82, 2.24) is 0 Å². The number of rotatable bonds is 5. The number of ether oxygens (including phenoxy) is 2. The number of imide groups is 1. The van der Waals surface area contributed by atoms with Crippen molar-refractivity contribution in [2.45, 2.75) is 43.8 Å². The number of carbonyl (C=O) groups is 3. The molecule has 1 aliphatic carbocycles. The second-order valence-electron chi connectivity index (χ2n) is 11.0. The normalized spacial score (nSPS) is 27.2. The van der Waals surface area contributed by atoms with Gasteiger partial charge in [-0.3, -0.25) is 9.59 Å². The number of anilines is 1. The summed E-state index contributed by atoms with van der Waals surface area (Å²) in [4.78, 5) is 39.7. The van der Waals surface area contributed by atoms with Crippen LogP contribution in [0.25, 0.3) is 11.1 Å². The van der Waals surface area contributed by atoms with Gasteiger partial charge < -0.3 is 9.47 Å². The lowest BCUT2D eigenvalue weighted by molar-refractivity contribution is -0.254. The Morgan fingerprint density at radius 2 is 1.36 bits per heavy atom. The fraction of sp³-hybridized carbons (Fsp3) is 0.300. The van der Waals surface area contributed by atoms with Crippen LogP contribution in [0, 0.1) is 25.7 Å². The first-order chi connectivity index (χ1) is 21.1. The van der Waals surface area contributed by atoms with Crippen molar-refractivity contribution in [3.8, 4) is 5.75 Å². The Morgan fingerprint density at radius 3 is 1.87 bits per heavy atom. The number of benzene rings is 1. The molecule has 3 aliphatic heterocycles. The van der Waals surface area contributed by atoms with Crippen molar-refractivity contribution >= 4 is 68.9 Å². The van der Waals surface area contributed by atoms with Gasteiger partial charge >= 0.3 is 23.7 Å². The maximum absolute atomic E-state index is 15.2. The van der Waals surface area contributed by atoms with Gasteiger partial charge in [0, 0.05) is 20.9 Å². The highest BCUT2D eigenvalue weighted by molar-refractivity contribution is 7.16. The summed E-state index contributed by atoms with van der Waals surface area (Å²) in [5.74, 6) is -19.5. The Morgan fingerprint density at radius 1 is 0.844 bits per heavy atom. The van der Waals surface area contributed by atoms with E-state index in [1.807, 2.05) is 0 Å². The molecule has 234 valence electrons. The van der Waals surface area contributed by atoms with Crippen LogP contribution in [-0.4, -0.2) is 47.8 Å². The fourth-order valence-corrected chi connectivity index (χ4v) is 8.44. The summed E-state index contributed by atoms with van der Waals surface area (Å²) in [6, 6.07) is 7.15. The Labute approximate surface area is 263 Å². The first-order valence-electron chi connectivity index (χ1n) is 13.4. The lowest BCUT2D eigenvalue weighted by Crippen LogP contribution is -2.48. The molecular formula is C30H18ClF6NO5S2. The molecule has 2 amide bonds. The van der Waals surface area contributed by atoms with E-state index in [0.717, 1.165) is 28.4 Å². The smallest absolute Gasteiger partial charge is 0.380 e. The molecule has 2 bridgehead atoms. The van der Waals surface area contributed by atoms with Gasteiger partial charge in [-0.15, -0.1) is 22.7 Å². The molecule has 0 radical (unpaired) electrons. The van der Waals surface area contributed by atoms with Gasteiger partial charge in [0.1, 0.15) is 10.6 Å². The van der Waals surface area contributed by atoms with Crippen LogP contribution in [0.15, 0.2) is 48.6 Å². The average Bonchev–Trinajstić information content (AvgIpc) is 3.79. The zero-order valence-electron chi connectivity index (χ0n) is 22.9. The van der Waals surface area contributed by atoms with Gasteiger partial charge in [0.15, 0.2) is 0 Å². The summed E-state index contributed by atoms with van der Waals surface area (Å²) >= 11 is 7.28. The molecule has 15 heteroatoms. The molecule has 0 spiro atoms. The minimum atomic E-state index is -5.76. The van der Waals surface area contributed by atoms with Gasteiger partial charge in [0.05, 0.1) is 34.1 Å². The number of alkyl halides is 6. The molecule has 2 aromatic heterocycles. The number of esters is 1. The highest BCUT2D eigenvalue weighted by Gasteiger charge is 2.80. The van der Waals surface area contributed by atoms with Crippen molar-refractivity contribution in [2.24, 2.45) is 11.8 Å². The highest BCUT2D eigenvalue weighted by atomic mass is 35.5. The summed E-state index contributed by atoms with van der Waals surface area (Å²) < 4.78 is 101. The maximum atomic E-state index is 15.2. The number of nitrogens with zero attached hydrogens (tertiary/aromatic N) is 1. The molecule has 0 saturated carbocycles. The summed E-state index contributed by atoms with van der Waals surface area (Å²) in [5.41, 5.74) is -4.09. The number of amides is 2. The van der Waals surface area contributed by atoms with E-state index in [1.165, 1.54) is 38.1 Å². The van der Waals surface area contributed by atoms with Crippen molar-refractivity contribution in [3.63, 3.8) is 0 Å². The molecule has 5 heterocycles. The van der Waals surface area contributed by atoms with Crippen LogP contribution in [0.4, 0.5) is 32.0 Å². The lowest BCUT2D eigenvalue weighted by Gasteiger charge is -2.25. The third-order valence-electron chi connectivity index (χ3n) is 8.43. The van der Waals surface area contributed by atoms with E-state index in [2.05, 4.69) is 0 Å². The number of halogens is 7. The second-order valence-corrected chi connectivity index (χ2v) is 14.1. The van der Waals surface area contributed by atoms with Crippen LogP contribution in [0.3, 0.4) is 0 Å². The zero-order chi connectivity index (χ0) is 32.4. The molecule has 6 nitrogen and oxygen atoms in total. The number of thiophene rings is 2. The van der Waals surface area contributed by atoms with Crippen LogP contribution in [0.2, 0.25) is 4.34 Å². The van der Waals surface area contributed by atoms with E-state index < -0.39 is 81.9 Å². The van der Waals surface area contributed by atoms with Crippen LogP contribution in [-0.2, 0) is 14.3 Å². The van der Waals surface area contributed by atoms with E-state index in [0.29, 0.717) is 11.3 Å². The fourth-order valence-electron chi connectivity index (χ4n) is 6.34. The molecule has 4 aliphatic rings. The predicted octanol–water partition coefficient (Wildman–Crippen LogP) is 7.57. The Kier molecular flexibility index (Phi) is 6.56. The number of hydrogen-bond acceptors (Lipinski definition) is 7. The lowest BCUT2D eigenvalue weighted by atomic mass is 9.85. The zero-order valence-corrected chi connectivity index (χ0v) is 25.3. The first kappa shape index (κ1) is 30.2. The SMILES string of the molecule is Cc1sc(Cl)cc1C1=C(c2cc(C(=O)Oc3ccc(N4C(=O)[C@@H]5[C@H](C4=O)[C@@H]4C=C[C@H]5O4)cc3)sc2C)C(F)(F)C(F)(F)C1(F)F. The molecule has 7 rings (SSSR count). The minimum Gasteiger partial charge on any atom is -0.422 e. The van der Waals surface area contributed by atoms with Gasteiger partial charge in [-0.2, -0.15) is 26.3 Å². The molecule has 2 saturated heterocycles. The topological polar surface area (TPSA) is 72.9 Å². The molecule has 2 fully saturated rings. The van der Waals surface area contributed by atoms with Gasteiger partial charge in [-0.1, -0.05) is 23.8 Å². The predicted molar refractivity (Wildman–Crippen MR) is 153 cm³/mol. The van der Waals surface area contributed by atoms with Gasteiger partial charge in [0.25, 0.3) is 0 Å². The largest absolute Gasteiger partial charge is 0.422 e. The average molecular weight is 686 g/mol. The van der Waals surface area contributed by atoms with E-state index >= 15 is 17.6 Å². The number of allylic oxidation sites excluding steroid dienone is 2. The Balaban J connectivity index is 1.17. The summed E-state index contributed by atoms with van der Waals surface area (Å²) in [5, 5.41) is 0. The quantitative estimate of drug-likeness (QED) is 0.0911. The third kappa shape index (κ3) is 4.08. The van der Waals surface area contributed by atoms with Crippen molar-refractivity contribution in [1.29, 1.82) is 0 Å². The van der Waals surface area contributed by atoms with Crippen molar-refractivity contribution < 1.29 is 50.2 Å². The van der Waals surface area contributed by atoms with Crippen molar-refractivity contribution in [3.05, 3.63) is 78.6 Å². The first-order valence-corrected chi connectivity index (χ1v) is 15.4. The third-order valence-corrected chi connectivity index (χ3v) is 10.6. The number of hydrogen-bond donors (Lipinski definition) is 0. The summed E-state index contributed by atoms with van der Waals surface area (Å²) in [6.07, 6.45) is 2.56. The maximum Gasteiger partial charge on any atom is 0.380 e. The van der Waals surface area contributed by atoms with Crippen LogP contribution >= 0.6 is 34.3 Å². The second kappa shape index (κ2) is 9.77. The number of fused-ring (bicyclic) bond motifs is 5. The van der Waals surface area contributed by atoms with Gasteiger partial charge in [-0.25, -0.2) is 9.69 Å². The van der Waals surface area contributed by atoms with Crippen molar-refractivity contribution in [2.75, 3.05) is 4.90 Å². The molecular weight excluding hydrogens is 668 g/mol. The van der Waals surface area contributed by atoms with Gasteiger partial charge in [0.2, 0.25) is 11.8 Å². The highest BCUT2D eigenvalue weighted by Crippen LogP contribution is 2.66. The molecule has 0 N–H and O–H groups in total. The molecule has 4 atom stereocenters. The monoisotopic (exact) mass is 685 g/mol. The number of carbonyl (C=O) groups excluding carboxylic acids is 3. The molecule has 0 unspecified atom stereocenters. The number of aryl methyl sites for hydroxylation is 2. The van der Waals surface area contributed by atoms with E-state index in [4.69, 9.17) is 21.1 Å². The van der Waals surface area contributed by atoms with Crippen LogP contribution in [0.1, 0.15) is 30.6 Å². The summed E-state index contributed by atoms with van der Waals surface area (Å²) in [6.45, 7) is 2.53. The Hall–Kier alpha value is -3.46. The Bertz CT molecular complexity index is 1850. The van der Waals surface area contributed by atoms with E-state index in [1.54, 1.807) is 12.2 Å². The van der Waals surface area contributed by atoms with E-state index in [-0.39, 0.29) is 30.4 Å². The van der Waals surface area contributed by atoms with Crippen LogP contribution in [0.5, 0.6) is 5.75 Å². The summed E-state index contributed by atoms with van der Waals surface area (Å²) in [7, 11) is 0. The van der Waals surface area contributed by atoms with E-state index in [9.17, 15) is 23.2 Å². The standard InChI is InChI=1S/C30H18ClF6NO5S2/c1-11-15(23-24(16-10-20(31)45-12(16)2)29(34,35)30(36,37)28(23,32)33)9-19(44-11)27(41)42-14-5-3-13(4-6-14)38-25(39)21-17-7-8-18(43-17)22(21)26(38)40/h3-10,17-18,21-22H,1-2H3/t17-,18+,21+,22-. The molecule has 1 aromatic carbocycles.